The predicted octanol–water partition coefficient (Wildman–Crippen LogP) is 3.67. The fourth-order valence-electron chi connectivity index (χ4n) is 3.82. The van der Waals surface area contributed by atoms with Gasteiger partial charge in [-0.1, -0.05) is 20.8 Å². The van der Waals surface area contributed by atoms with E-state index in [1.165, 1.54) is 12.3 Å². The molecule has 0 radical (unpaired) electrons. The van der Waals surface area contributed by atoms with Crippen molar-refractivity contribution >= 4 is 40.0 Å². The first-order valence-electron chi connectivity index (χ1n) is 13.2. The summed E-state index contributed by atoms with van der Waals surface area (Å²) in [6, 6.07) is 1.30. The number of aromatic nitrogens is 4. The van der Waals surface area contributed by atoms with Crippen molar-refractivity contribution in [3.63, 3.8) is 0 Å². The average molecular weight is 483 g/mol. The van der Waals surface area contributed by atoms with Crippen molar-refractivity contribution in [2.24, 2.45) is 11.3 Å². The highest BCUT2D eigenvalue weighted by atomic mass is 16.2. The number of fused-ring (bicyclic) bond motifs is 1. The number of amides is 2. The first-order chi connectivity index (χ1) is 17.7. The highest BCUT2D eigenvalue weighted by Gasteiger charge is 2.30. The van der Waals surface area contributed by atoms with Crippen LogP contribution in [0.15, 0.2) is 29.6 Å². The lowest BCUT2D eigenvalue weighted by molar-refractivity contribution is -0.117. The molecular weight excluding hydrogens is 446 g/mol. The lowest BCUT2D eigenvalue weighted by atomic mass is 9.88. The molecule has 10 heteroatoms. The van der Waals surface area contributed by atoms with Gasteiger partial charge in [0.2, 0.25) is 5.91 Å². The largest absolute Gasteiger partial charge is 0.355 e. The van der Waals surface area contributed by atoms with Crippen LogP contribution in [0.5, 0.6) is 0 Å². The quantitative estimate of drug-likeness (QED) is 0.472. The topological polar surface area (TPSA) is 123 Å². The van der Waals surface area contributed by atoms with Gasteiger partial charge in [0.05, 0.1) is 16.9 Å². The van der Waals surface area contributed by atoms with Crippen molar-refractivity contribution in [3.8, 4) is 0 Å². The Kier molecular flexibility index (Phi) is 5.41. The van der Waals surface area contributed by atoms with E-state index in [0.29, 0.717) is 23.3 Å². The van der Waals surface area contributed by atoms with Gasteiger partial charge in [-0.15, -0.1) is 0 Å². The van der Waals surface area contributed by atoms with Crippen LogP contribution in [0.3, 0.4) is 0 Å². The fourth-order valence-corrected chi connectivity index (χ4v) is 3.82. The number of pyridine rings is 1. The van der Waals surface area contributed by atoms with E-state index in [4.69, 9.17) is 4.11 Å². The van der Waals surface area contributed by atoms with Crippen molar-refractivity contribution in [1.82, 2.24) is 24.4 Å². The van der Waals surface area contributed by atoms with Gasteiger partial charge in [0.15, 0.2) is 0 Å². The monoisotopic (exact) mass is 482 g/mol. The molecule has 0 saturated heterocycles. The summed E-state index contributed by atoms with van der Waals surface area (Å²) in [6.45, 7) is 7.80. The molecule has 0 spiro atoms. The second kappa shape index (κ2) is 9.16. The molecule has 2 amide bonds. The second-order valence-corrected chi connectivity index (χ2v) is 9.98. The Morgan fingerprint density at radius 2 is 2.00 bits per heavy atom. The highest BCUT2D eigenvalue weighted by molar-refractivity contribution is 6.03. The zero-order valence-corrected chi connectivity index (χ0v) is 20.6. The molecule has 0 aliphatic heterocycles. The Hall–Kier alpha value is -3.69. The van der Waals surface area contributed by atoms with Crippen LogP contribution in [0.25, 0.3) is 11.0 Å². The number of carbonyl (C=O) groups is 2. The minimum Gasteiger partial charge on any atom is -0.355 e. The minimum absolute atomic E-state index is 0.0600. The van der Waals surface area contributed by atoms with Crippen molar-refractivity contribution in [2.45, 2.75) is 60.0 Å². The van der Waals surface area contributed by atoms with Crippen molar-refractivity contribution in [2.75, 3.05) is 17.6 Å². The molecule has 1 aliphatic carbocycles. The Bertz CT molecular complexity index is 1450. The summed E-state index contributed by atoms with van der Waals surface area (Å²) in [5.41, 5.74) is 0.528. The van der Waals surface area contributed by atoms with Gasteiger partial charge in [-0.3, -0.25) is 19.0 Å². The van der Waals surface area contributed by atoms with Crippen LogP contribution >= 0.6 is 0 Å². The summed E-state index contributed by atoms with van der Waals surface area (Å²) >= 11 is 0. The average Bonchev–Trinajstić information content (AvgIpc) is 3.60. The van der Waals surface area contributed by atoms with Gasteiger partial charge in [0.1, 0.15) is 23.2 Å². The first kappa shape index (κ1) is 20.7. The minimum atomic E-state index is -2.72. The van der Waals surface area contributed by atoms with E-state index in [2.05, 4.69) is 20.6 Å². The van der Waals surface area contributed by atoms with Crippen molar-refractivity contribution in [3.05, 3.63) is 40.7 Å². The third-order valence-electron chi connectivity index (χ3n) is 6.54. The molecule has 3 aromatic heterocycles. The Morgan fingerprint density at radius 1 is 1.26 bits per heavy atom. The van der Waals surface area contributed by atoms with E-state index in [0.717, 1.165) is 12.8 Å². The van der Waals surface area contributed by atoms with Crippen LogP contribution in [-0.4, -0.2) is 37.9 Å². The Morgan fingerprint density at radius 3 is 2.63 bits per heavy atom. The second-order valence-electron chi connectivity index (χ2n) is 9.98. The number of nitrogens with zero attached hydrogens (tertiary/aromatic N) is 4. The van der Waals surface area contributed by atoms with Crippen LogP contribution in [0.4, 0.5) is 17.2 Å². The number of anilines is 3. The molecule has 1 atom stereocenters. The molecule has 1 aliphatic rings. The van der Waals surface area contributed by atoms with E-state index in [1.807, 2.05) is 44.5 Å². The third-order valence-corrected chi connectivity index (χ3v) is 6.54. The zero-order valence-electron chi connectivity index (χ0n) is 23.6. The van der Waals surface area contributed by atoms with Gasteiger partial charge >= 0.3 is 0 Å². The normalized spacial score (nSPS) is 16.2. The molecular formula is C25H33N7O3. The Balaban J connectivity index is 1.83. The molecule has 4 rings (SSSR count). The van der Waals surface area contributed by atoms with Gasteiger partial charge in [-0.25, -0.2) is 9.97 Å². The number of hydrogen-bond acceptors (Lipinski definition) is 6. The summed E-state index contributed by atoms with van der Waals surface area (Å²) in [7, 11) is 0. The highest BCUT2D eigenvalue weighted by Crippen LogP contribution is 2.33. The van der Waals surface area contributed by atoms with E-state index >= 15 is 0 Å². The maximum atomic E-state index is 13.7. The molecule has 3 N–H and O–H groups in total. The standard InChI is InChI=1S/C25H33N7O3/c1-7-31-12-18(20-21(31)28-13-32(24(20)35)14(2)25(3,4)5)29-17-10-19(30-22(33)15-8-9-15)27-11-16(17)23(34)26-6/h10-15H,7-9H2,1-6H3,(H,26,34)(H2,27,29,30,33)/t14-/m1/s1/i6D3. The maximum Gasteiger partial charge on any atom is 0.265 e. The summed E-state index contributed by atoms with van der Waals surface area (Å²) in [6.07, 6.45) is 6.07. The zero-order chi connectivity index (χ0) is 28.0. The molecule has 0 unspecified atom stereocenters. The van der Waals surface area contributed by atoms with Gasteiger partial charge < -0.3 is 20.5 Å². The molecule has 1 fully saturated rings. The van der Waals surface area contributed by atoms with E-state index in [1.54, 1.807) is 17.1 Å². The molecule has 10 nitrogen and oxygen atoms in total. The molecule has 1 saturated carbocycles. The maximum absolute atomic E-state index is 13.7. The molecule has 0 aromatic carbocycles. The van der Waals surface area contributed by atoms with E-state index in [-0.39, 0.29) is 45.9 Å². The van der Waals surface area contributed by atoms with Crippen LogP contribution < -0.4 is 21.5 Å². The lowest BCUT2D eigenvalue weighted by Gasteiger charge is -2.28. The van der Waals surface area contributed by atoms with E-state index < -0.39 is 12.9 Å². The smallest absolute Gasteiger partial charge is 0.265 e. The Labute approximate surface area is 208 Å². The summed E-state index contributed by atoms with van der Waals surface area (Å²) in [5.74, 6) is -0.917. The number of carbonyl (C=O) groups excluding carboxylic acids is 2. The third kappa shape index (κ3) is 4.78. The fraction of sp³-hybridized carbons (Fsp3) is 0.480. The van der Waals surface area contributed by atoms with Crippen LogP contribution in [0.2, 0.25) is 0 Å². The van der Waals surface area contributed by atoms with Gasteiger partial charge in [-0.2, -0.15) is 0 Å². The summed E-state index contributed by atoms with van der Waals surface area (Å²) in [4.78, 5) is 47.6. The predicted molar refractivity (Wildman–Crippen MR) is 136 cm³/mol. The molecule has 186 valence electrons. The van der Waals surface area contributed by atoms with Crippen molar-refractivity contribution in [1.29, 1.82) is 0 Å². The van der Waals surface area contributed by atoms with E-state index in [9.17, 15) is 14.4 Å². The number of aryl methyl sites for hydroxylation is 1. The van der Waals surface area contributed by atoms with Crippen molar-refractivity contribution < 1.29 is 13.7 Å². The SMILES string of the molecule is [2H]C([2H])([2H])NC(=O)c1cnc(NC(=O)C2CC2)cc1Nc1cn(CC)c2ncn([C@H](C)C(C)(C)C)c(=O)c12. The van der Waals surface area contributed by atoms with Gasteiger partial charge in [0.25, 0.3) is 11.5 Å². The first-order valence-corrected chi connectivity index (χ1v) is 11.7. The van der Waals surface area contributed by atoms with Crippen LogP contribution in [0, 0.1) is 11.3 Å². The number of hydrogen-bond donors (Lipinski definition) is 3. The summed E-state index contributed by atoms with van der Waals surface area (Å²) < 4.78 is 25.7. The molecule has 0 bridgehead atoms. The molecule has 35 heavy (non-hydrogen) atoms. The molecule has 3 aromatic rings. The van der Waals surface area contributed by atoms with Gasteiger partial charge in [-0.05, 0) is 32.1 Å². The number of nitrogens with one attached hydrogen (secondary N) is 3. The summed E-state index contributed by atoms with van der Waals surface area (Å²) in [5, 5.41) is 8.16. The van der Waals surface area contributed by atoms with Crippen LogP contribution in [0.1, 0.15) is 68.0 Å². The lowest BCUT2D eigenvalue weighted by Crippen LogP contribution is -2.31. The molecule has 3 heterocycles. The van der Waals surface area contributed by atoms with Crippen LogP contribution in [-0.2, 0) is 11.3 Å². The van der Waals surface area contributed by atoms with Gasteiger partial charge in [0, 0.05) is 48.1 Å². The number of rotatable bonds is 7.